The van der Waals surface area contributed by atoms with E-state index in [-0.39, 0.29) is 5.91 Å². The van der Waals surface area contributed by atoms with Gasteiger partial charge in [0.05, 0.1) is 0 Å². The Labute approximate surface area is 97.5 Å². The van der Waals surface area contributed by atoms with Crippen LogP contribution in [0.3, 0.4) is 0 Å². The van der Waals surface area contributed by atoms with Crippen LogP contribution in [0.5, 0.6) is 0 Å². The van der Waals surface area contributed by atoms with Crippen LogP contribution in [0, 0.1) is 0 Å². The summed E-state index contributed by atoms with van der Waals surface area (Å²) in [6.07, 6.45) is 2.31. The van der Waals surface area contributed by atoms with Crippen molar-refractivity contribution in [2.45, 2.75) is 19.8 Å². The summed E-state index contributed by atoms with van der Waals surface area (Å²) in [5, 5.41) is 3.31. The van der Waals surface area contributed by atoms with E-state index in [1.165, 1.54) is 6.42 Å². The predicted molar refractivity (Wildman–Crippen MR) is 67.9 cm³/mol. The minimum Gasteiger partial charge on any atom is -0.385 e. The maximum atomic E-state index is 11.7. The number of nitrogens with one attached hydrogen (secondary N) is 1. The number of nitrogens with zero attached hydrogens (tertiary/aromatic N) is 1. The van der Waals surface area contributed by atoms with Crippen LogP contribution in [0.4, 0.5) is 5.69 Å². The molecule has 0 aliphatic rings. The van der Waals surface area contributed by atoms with Gasteiger partial charge in [0.15, 0.2) is 0 Å². The monoisotopic (exact) mass is 220 g/mol. The number of hydrogen-bond donors (Lipinski definition) is 1. The Kier molecular flexibility index (Phi) is 4.83. The second kappa shape index (κ2) is 6.16. The third-order valence-corrected chi connectivity index (χ3v) is 2.38. The van der Waals surface area contributed by atoms with Gasteiger partial charge in [0.1, 0.15) is 0 Å². The molecule has 1 aromatic rings. The van der Waals surface area contributed by atoms with Gasteiger partial charge < -0.3 is 10.2 Å². The lowest BCUT2D eigenvalue weighted by Crippen LogP contribution is -2.21. The number of unbranched alkanes of at least 4 members (excludes halogenated alkanes) is 1. The Morgan fingerprint density at radius 3 is 2.75 bits per heavy atom. The topological polar surface area (TPSA) is 32.3 Å². The molecule has 1 aromatic carbocycles. The average Bonchev–Trinajstić information content (AvgIpc) is 2.29. The Balaban J connectivity index is 2.67. The van der Waals surface area contributed by atoms with E-state index >= 15 is 0 Å². The smallest absolute Gasteiger partial charge is 0.253 e. The van der Waals surface area contributed by atoms with Crippen molar-refractivity contribution >= 4 is 11.6 Å². The van der Waals surface area contributed by atoms with E-state index in [4.69, 9.17) is 0 Å². The van der Waals surface area contributed by atoms with Crippen LogP contribution in [-0.4, -0.2) is 31.4 Å². The average molecular weight is 220 g/mol. The molecule has 88 valence electrons. The molecular formula is C13H20N2O. The zero-order chi connectivity index (χ0) is 12.0. The summed E-state index contributed by atoms with van der Waals surface area (Å²) in [6.45, 7) is 3.11. The molecule has 3 nitrogen and oxygen atoms in total. The van der Waals surface area contributed by atoms with E-state index in [1.807, 2.05) is 24.3 Å². The number of carbonyl (C=O) groups excluding carboxylic acids is 1. The first kappa shape index (κ1) is 12.6. The molecule has 0 unspecified atom stereocenters. The Bertz CT molecular complexity index is 348. The van der Waals surface area contributed by atoms with E-state index in [0.29, 0.717) is 0 Å². The van der Waals surface area contributed by atoms with E-state index < -0.39 is 0 Å². The second-order valence-electron chi connectivity index (χ2n) is 4.06. The Hall–Kier alpha value is -1.51. The van der Waals surface area contributed by atoms with Crippen LogP contribution in [0.2, 0.25) is 0 Å². The van der Waals surface area contributed by atoms with Gasteiger partial charge in [-0.25, -0.2) is 0 Å². The van der Waals surface area contributed by atoms with Gasteiger partial charge in [0.2, 0.25) is 0 Å². The molecule has 0 radical (unpaired) electrons. The molecule has 0 aromatic heterocycles. The first-order chi connectivity index (χ1) is 7.65. The van der Waals surface area contributed by atoms with Gasteiger partial charge in [-0.3, -0.25) is 4.79 Å². The summed E-state index contributed by atoms with van der Waals surface area (Å²) in [4.78, 5) is 13.3. The van der Waals surface area contributed by atoms with Crippen molar-refractivity contribution in [3.8, 4) is 0 Å². The fourth-order valence-corrected chi connectivity index (χ4v) is 1.43. The van der Waals surface area contributed by atoms with E-state index in [9.17, 15) is 4.79 Å². The zero-order valence-electron chi connectivity index (χ0n) is 10.3. The summed E-state index contributed by atoms with van der Waals surface area (Å²) in [5.41, 5.74) is 1.74. The quantitative estimate of drug-likeness (QED) is 0.774. The van der Waals surface area contributed by atoms with Crippen LogP contribution in [0.1, 0.15) is 30.1 Å². The highest BCUT2D eigenvalue weighted by atomic mass is 16.2. The molecule has 0 spiro atoms. The number of anilines is 1. The van der Waals surface area contributed by atoms with Gasteiger partial charge in [-0.15, -0.1) is 0 Å². The lowest BCUT2D eigenvalue weighted by atomic mass is 10.2. The van der Waals surface area contributed by atoms with Crippen LogP contribution in [0.15, 0.2) is 24.3 Å². The molecule has 16 heavy (non-hydrogen) atoms. The van der Waals surface area contributed by atoms with Crippen molar-refractivity contribution in [2.75, 3.05) is 26.0 Å². The third-order valence-electron chi connectivity index (χ3n) is 2.38. The molecule has 0 atom stereocenters. The van der Waals surface area contributed by atoms with Crippen molar-refractivity contribution in [3.05, 3.63) is 29.8 Å². The molecule has 1 rings (SSSR count). The maximum Gasteiger partial charge on any atom is 0.253 e. The summed E-state index contributed by atoms with van der Waals surface area (Å²) < 4.78 is 0. The SMILES string of the molecule is CCCCNc1cccc(C(=O)N(C)C)c1. The number of carbonyl (C=O) groups is 1. The summed E-state index contributed by atoms with van der Waals surface area (Å²) in [6, 6.07) is 7.64. The van der Waals surface area contributed by atoms with E-state index in [1.54, 1.807) is 19.0 Å². The molecule has 1 N–H and O–H groups in total. The molecule has 0 saturated heterocycles. The number of benzene rings is 1. The van der Waals surface area contributed by atoms with E-state index in [0.717, 1.165) is 24.2 Å². The molecule has 1 amide bonds. The molecule has 0 bridgehead atoms. The summed E-state index contributed by atoms with van der Waals surface area (Å²) >= 11 is 0. The lowest BCUT2D eigenvalue weighted by molar-refractivity contribution is 0.0827. The van der Waals surface area contributed by atoms with Crippen molar-refractivity contribution < 1.29 is 4.79 Å². The zero-order valence-corrected chi connectivity index (χ0v) is 10.3. The van der Waals surface area contributed by atoms with Crippen LogP contribution in [-0.2, 0) is 0 Å². The largest absolute Gasteiger partial charge is 0.385 e. The molecular weight excluding hydrogens is 200 g/mol. The highest BCUT2D eigenvalue weighted by Crippen LogP contribution is 2.12. The minimum absolute atomic E-state index is 0.0409. The molecule has 0 aliphatic carbocycles. The minimum atomic E-state index is 0.0409. The summed E-state index contributed by atoms with van der Waals surface area (Å²) in [7, 11) is 3.53. The van der Waals surface area contributed by atoms with Gasteiger partial charge in [-0.2, -0.15) is 0 Å². The van der Waals surface area contributed by atoms with Crippen molar-refractivity contribution in [1.29, 1.82) is 0 Å². The van der Waals surface area contributed by atoms with Crippen molar-refractivity contribution in [3.63, 3.8) is 0 Å². The third kappa shape index (κ3) is 3.57. The van der Waals surface area contributed by atoms with Crippen molar-refractivity contribution in [2.24, 2.45) is 0 Å². The Morgan fingerprint density at radius 1 is 1.38 bits per heavy atom. The Morgan fingerprint density at radius 2 is 2.12 bits per heavy atom. The van der Waals surface area contributed by atoms with E-state index in [2.05, 4.69) is 12.2 Å². The number of rotatable bonds is 5. The van der Waals surface area contributed by atoms with Gasteiger partial charge in [-0.1, -0.05) is 19.4 Å². The highest BCUT2D eigenvalue weighted by molar-refractivity contribution is 5.94. The molecule has 0 saturated carbocycles. The highest BCUT2D eigenvalue weighted by Gasteiger charge is 2.07. The van der Waals surface area contributed by atoms with Gasteiger partial charge in [-0.05, 0) is 24.6 Å². The standard InChI is InChI=1S/C13H20N2O/c1-4-5-9-14-12-8-6-7-11(10-12)13(16)15(2)3/h6-8,10,14H,4-5,9H2,1-3H3. The predicted octanol–water partition coefficient (Wildman–Crippen LogP) is 2.60. The van der Waals surface area contributed by atoms with Gasteiger partial charge in [0, 0.05) is 31.9 Å². The molecule has 3 heteroatoms. The fraction of sp³-hybridized carbons (Fsp3) is 0.462. The first-order valence-electron chi connectivity index (χ1n) is 5.70. The van der Waals surface area contributed by atoms with Crippen LogP contribution in [0.25, 0.3) is 0 Å². The fourth-order valence-electron chi connectivity index (χ4n) is 1.43. The lowest BCUT2D eigenvalue weighted by Gasteiger charge is -2.12. The summed E-state index contributed by atoms with van der Waals surface area (Å²) in [5.74, 6) is 0.0409. The number of amides is 1. The second-order valence-corrected chi connectivity index (χ2v) is 4.06. The number of hydrogen-bond acceptors (Lipinski definition) is 2. The molecule has 0 aliphatic heterocycles. The normalized spacial score (nSPS) is 9.94. The van der Waals surface area contributed by atoms with Crippen LogP contribution >= 0.6 is 0 Å². The molecule has 0 heterocycles. The molecule has 0 fully saturated rings. The van der Waals surface area contributed by atoms with Gasteiger partial charge in [0.25, 0.3) is 5.91 Å². The van der Waals surface area contributed by atoms with Crippen molar-refractivity contribution in [1.82, 2.24) is 4.90 Å². The first-order valence-corrected chi connectivity index (χ1v) is 5.70. The maximum absolute atomic E-state index is 11.7. The van der Waals surface area contributed by atoms with Crippen LogP contribution < -0.4 is 5.32 Å². The van der Waals surface area contributed by atoms with Gasteiger partial charge >= 0.3 is 0 Å².